The first-order valence-corrected chi connectivity index (χ1v) is 17.2. The quantitative estimate of drug-likeness (QED) is 0.0840. The number of carboxylic acids is 1. The fourth-order valence-electron chi connectivity index (χ4n) is 5.55. The molecule has 0 aromatic heterocycles. The highest BCUT2D eigenvalue weighted by Gasteiger charge is 1.98. The maximum atomic E-state index is 10.5. The van der Waals surface area contributed by atoms with Crippen molar-refractivity contribution >= 4 is 5.97 Å². The molecule has 0 bridgehead atoms. The van der Waals surface area contributed by atoms with Crippen LogP contribution in [0.25, 0.3) is 0 Å². The zero-order valence-corrected chi connectivity index (χ0v) is 25.3. The number of hydrogen-bond donors (Lipinski definition) is 2. The molecule has 0 rings (SSSR count). The Morgan fingerprint density at radius 1 is 0.324 bits per heavy atom. The Bertz CT molecular complexity index is 426. The van der Waals surface area contributed by atoms with Gasteiger partial charge in [0.25, 0.3) is 0 Å². The van der Waals surface area contributed by atoms with Gasteiger partial charge in [-0.25, -0.2) is 0 Å². The van der Waals surface area contributed by atoms with Crippen molar-refractivity contribution in [1.29, 1.82) is 0 Å². The monoisotopic (exact) mass is 524 g/mol. The maximum Gasteiger partial charge on any atom is 0.303 e. The molecular formula is C34H69NO2. The van der Waals surface area contributed by atoms with E-state index in [0.29, 0.717) is 6.42 Å². The lowest BCUT2D eigenvalue weighted by molar-refractivity contribution is -0.137. The van der Waals surface area contributed by atoms with Gasteiger partial charge in [0, 0.05) is 6.42 Å². The van der Waals surface area contributed by atoms with Crippen LogP contribution in [0.2, 0.25) is 0 Å². The molecule has 0 fully saturated rings. The van der Waals surface area contributed by atoms with E-state index in [1.165, 1.54) is 186 Å². The predicted octanol–water partition coefficient (Wildman–Crippen LogP) is 11.5. The van der Waals surface area contributed by atoms with Crippen molar-refractivity contribution in [1.82, 2.24) is 0 Å². The van der Waals surface area contributed by atoms with E-state index < -0.39 is 5.97 Å². The zero-order valence-electron chi connectivity index (χ0n) is 25.3. The number of carboxylic acid groups (broad SMARTS) is 1. The van der Waals surface area contributed by atoms with Gasteiger partial charge in [0.15, 0.2) is 0 Å². The third-order valence-corrected chi connectivity index (χ3v) is 8.09. The number of carbonyl (C=O) groups is 1. The number of hydrogen-bond acceptors (Lipinski definition) is 2. The van der Waals surface area contributed by atoms with Gasteiger partial charge in [0.2, 0.25) is 0 Å². The smallest absolute Gasteiger partial charge is 0.303 e. The largest absolute Gasteiger partial charge is 0.481 e. The molecule has 0 saturated heterocycles. The second-order valence-electron chi connectivity index (χ2n) is 11.9. The van der Waals surface area contributed by atoms with E-state index in [0.717, 1.165) is 19.4 Å². The van der Waals surface area contributed by atoms with E-state index in [-0.39, 0.29) is 0 Å². The highest BCUT2D eigenvalue weighted by Crippen LogP contribution is 2.16. The molecule has 0 aromatic rings. The number of rotatable bonds is 33. The Balaban J connectivity index is 3.02. The number of unbranched alkanes of at least 4 members (excludes halogenated alkanes) is 30. The molecule has 222 valence electrons. The van der Waals surface area contributed by atoms with E-state index in [1.807, 2.05) is 0 Å². The van der Waals surface area contributed by atoms with Gasteiger partial charge in [-0.15, -0.1) is 0 Å². The Kier molecular flexibility index (Phi) is 32.9. The predicted molar refractivity (Wildman–Crippen MR) is 164 cm³/mol. The Morgan fingerprint density at radius 2 is 0.486 bits per heavy atom. The first kappa shape index (κ1) is 36.4. The molecule has 3 N–H and O–H groups in total. The van der Waals surface area contributed by atoms with Crippen LogP contribution in [0.4, 0.5) is 0 Å². The van der Waals surface area contributed by atoms with Crippen LogP contribution in [0.1, 0.15) is 205 Å². The van der Waals surface area contributed by atoms with Gasteiger partial charge < -0.3 is 10.8 Å². The number of nitrogens with two attached hydrogens (primary N) is 1. The van der Waals surface area contributed by atoms with Crippen LogP contribution in [0, 0.1) is 0 Å². The molecule has 37 heavy (non-hydrogen) atoms. The summed E-state index contributed by atoms with van der Waals surface area (Å²) in [5.74, 6) is -0.649. The third-order valence-electron chi connectivity index (χ3n) is 8.09. The highest BCUT2D eigenvalue weighted by atomic mass is 16.4. The van der Waals surface area contributed by atoms with Crippen molar-refractivity contribution in [3.8, 4) is 0 Å². The Morgan fingerprint density at radius 3 is 0.649 bits per heavy atom. The van der Waals surface area contributed by atoms with Crippen LogP contribution in [-0.4, -0.2) is 17.6 Å². The zero-order chi connectivity index (χ0) is 26.9. The Labute approximate surface area is 233 Å². The van der Waals surface area contributed by atoms with Crippen LogP contribution >= 0.6 is 0 Å². The molecule has 0 amide bonds. The molecule has 0 spiro atoms. The minimum atomic E-state index is -0.649. The molecule has 0 aromatic carbocycles. The summed E-state index contributed by atoms with van der Waals surface area (Å²) in [7, 11) is 0. The second kappa shape index (κ2) is 33.5. The first-order valence-electron chi connectivity index (χ1n) is 17.2. The maximum absolute atomic E-state index is 10.5. The number of aliphatic carboxylic acids is 1. The van der Waals surface area contributed by atoms with Gasteiger partial charge in [-0.3, -0.25) is 4.79 Å². The van der Waals surface area contributed by atoms with Gasteiger partial charge in [-0.1, -0.05) is 186 Å². The molecule has 3 heteroatoms. The van der Waals surface area contributed by atoms with Crippen molar-refractivity contribution in [3.63, 3.8) is 0 Å². The van der Waals surface area contributed by atoms with Crippen LogP contribution in [-0.2, 0) is 4.79 Å². The lowest BCUT2D eigenvalue weighted by Gasteiger charge is -2.04. The van der Waals surface area contributed by atoms with Crippen LogP contribution in [0.15, 0.2) is 0 Å². The SMILES string of the molecule is NCCCCCCCCCCCCCCCCCCCCCCCCCCCCCCCCCC(=O)O. The topological polar surface area (TPSA) is 63.3 Å². The van der Waals surface area contributed by atoms with E-state index in [2.05, 4.69) is 0 Å². The molecule has 0 unspecified atom stereocenters. The van der Waals surface area contributed by atoms with E-state index >= 15 is 0 Å². The minimum absolute atomic E-state index is 0.345. The summed E-state index contributed by atoms with van der Waals surface area (Å²) in [5, 5.41) is 8.62. The molecule has 0 atom stereocenters. The van der Waals surface area contributed by atoms with Gasteiger partial charge in [0.1, 0.15) is 0 Å². The average molecular weight is 524 g/mol. The van der Waals surface area contributed by atoms with Crippen molar-refractivity contribution in [2.75, 3.05) is 6.54 Å². The summed E-state index contributed by atoms with van der Waals surface area (Å²) in [5.41, 5.74) is 5.54. The summed E-state index contributed by atoms with van der Waals surface area (Å²) < 4.78 is 0. The standard InChI is InChI=1S/C34H69NO2/c35-33-31-29-27-25-23-21-19-17-15-13-11-9-7-5-3-1-2-4-6-8-10-12-14-16-18-20-22-24-26-28-30-32-34(36)37/h1-33,35H2,(H,36,37). The lowest BCUT2D eigenvalue weighted by atomic mass is 10.0. The summed E-state index contributed by atoms with van der Waals surface area (Å²) in [6.07, 6.45) is 43.3. The summed E-state index contributed by atoms with van der Waals surface area (Å²) >= 11 is 0. The highest BCUT2D eigenvalue weighted by molar-refractivity contribution is 5.66. The molecule has 0 saturated carbocycles. The molecular weight excluding hydrogens is 454 g/mol. The molecule has 0 aliphatic carbocycles. The molecule has 0 aliphatic rings. The molecule has 0 radical (unpaired) electrons. The first-order chi connectivity index (χ1) is 18.3. The fourth-order valence-corrected chi connectivity index (χ4v) is 5.55. The third kappa shape index (κ3) is 35.4. The fraction of sp³-hybridized carbons (Fsp3) is 0.971. The van der Waals surface area contributed by atoms with Crippen molar-refractivity contribution in [2.45, 2.75) is 205 Å². The Hall–Kier alpha value is -0.570. The summed E-state index contributed by atoms with van der Waals surface area (Å²) in [4.78, 5) is 10.5. The summed E-state index contributed by atoms with van der Waals surface area (Å²) in [6.45, 7) is 0.867. The molecule has 0 aliphatic heterocycles. The van der Waals surface area contributed by atoms with E-state index in [1.54, 1.807) is 0 Å². The normalized spacial score (nSPS) is 11.4. The minimum Gasteiger partial charge on any atom is -0.481 e. The van der Waals surface area contributed by atoms with Crippen molar-refractivity contribution in [3.05, 3.63) is 0 Å². The van der Waals surface area contributed by atoms with Gasteiger partial charge in [-0.05, 0) is 19.4 Å². The molecule has 3 nitrogen and oxygen atoms in total. The van der Waals surface area contributed by atoms with Crippen LogP contribution < -0.4 is 5.73 Å². The van der Waals surface area contributed by atoms with Gasteiger partial charge in [-0.2, -0.15) is 0 Å². The van der Waals surface area contributed by atoms with Crippen LogP contribution in [0.5, 0.6) is 0 Å². The van der Waals surface area contributed by atoms with Crippen molar-refractivity contribution < 1.29 is 9.90 Å². The van der Waals surface area contributed by atoms with Gasteiger partial charge in [0.05, 0.1) is 0 Å². The molecule has 0 heterocycles. The average Bonchev–Trinajstić information content (AvgIpc) is 2.89. The van der Waals surface area contributed by atoms with E-state index in [4.69, 9.17) is 10.8 Å². The second-order valence-corrected chi connectivity index (χ2v) is 11.9. The van der Waals surface area contributed by atoms with Gasteiger partial charge >= 0.3 is 5.97 Å². The lowest BCUT2D eigenvalue weighted by Crippen LogP contribution is -1.97. The van der Waals surface area contributed by atoms with E-state index in [9.17, 15) is 4.79 Å². The summed E-state index contributed by atoms with van der Waals surface area (Å²) in [6, 6.07) is 0. The van der Waals surface area contributed by atoms with Crippen molar-refractivity contribution in [2.24, 2.45) is 5.73 Å². The van der Waals surface area contributed by atoms with Crippen LogP contribution in [0.3, 0.4) is 0 Å².